The highest BCUT2D eigenvalue weighted by Crippen LogP contribution is 2.23. The van der Waals surface area contributed by atoms with E-state index in [-0.39, 0.29) is 30.2 Å². The summed E-state index contributed by atoms with van der Waals surface area (Å²) >= 11 is 0. The van der Waals surface area contributed by atoms with Gasteiger partial charge in [-0.3, -0.25) is 24.5 Å². The number of likely N-dealkylation sites (tertiary alicyclic amines) is 3. The molecule has 3 aromatic rings. The number of nitrogens with zero attached hydrogens (tertiary/aromatic N) is 4. The Labute approximate surface area is 256 Å². The average molecular weight is 599 g/mol. The van der Waals surface area contributed by atoms with Crippen molar-refractivity contribution in [3.63, 3.8) is 0 Å². The second kappa shape index (κ2) is 12.9. The maximum Gasteiger partial charge on any atom is 0.257 e. The fourth-order valence-corrected chi connectivity index (χ4v) is 5.88. The van der Waals surface area contributed by atoms with Crippen LogP contribution in [0.1, 0.15) is 65.0 Å². The maximum absolute atomic E-state index is 13.7. The summed E-state index contributed by atoms with van der Waals surface area (Å²) in [7, 11) is 0. The predicted molar refractivity (Wildman–Crippen MR) is 166 cm³/mol. The van der Waals surface area contributed by atoms with Gasteiger partial charge in [0.15, 0.2) is 0 Å². The van der Waals surface area contributed by atoms with Crippen LogP contribution in [0.25, 0.3) is 11.0 Å². The second-order valence-corrected chi connectivity index (χ2v) is 11.7. The topological polar surface area (TPSA) is 128 Å². The molecule has 11 heteroatoms. The number of anilines is 1. The number of aliphatic imine (C=N–C) groups is 1. The summed E-state index contributed by atoms with van der Waals surface area (Å²) in [4.78, 5) is 62.4. The first-order valence-electron chi connectivity index (χ1n) is 15.5. The molecule has 2 aromatic carbocycles. The van der Waals surface area contributed by atoms with Crippen LogP contribution in [0.5, 0.6) is 0 Å². The van der Waals surface area contributed by atoms with Crippen LogP contribution in [-0.2, 0) is 9.59 Å². The van der Waals surface area contributed by atoms with Crippen molar-refractivity contribution in [2.24, 2.45) is 4.99 Å². The average Bonchev–Trinajstić information content (AvgIpc) is 3.62. The highest BCUT2D eigenvalue weighted by Gasteiger charge is 2.30. The molecule has 0 radical (unpaired) electrons. The Balaban J connectivity index is 1.23. The van der Waals surface area contributed by atoms with Gasteiger partial charge in [0.25, 0.3) is 11.8 Å². The van der Waals surface area contributed by atoms with Crippen LogP contribution >= 0.6 is 0 Å². The highest BCUT2D eigenvalue weighted by molar-refractivity contribution is 6.11. The number of hydrogen-bond acceptors (Lipinski definition) is 6. The molecule has 3 aliphatic rings. The second-order valence-electron chi connectivity index (χ2n) is 11.7. The molecule has 0 spiro atoms. The Kier molecular flexibility index (Phi) is 8.63. The summed E-state index contributed by atoms with van der Waals surface area (Å²) in [6.45, 7) is 5.38. The molecule has 11 nitrogen and oxygen atoms in total. The zero-order valence-electron chi connectivity index (χ0n) is 25.0. The number of guanidine groups is 1. The van der Waals surface area contributed by atoms with Gasteiger partial charge in [-0.15, -0.1) is 0 Å². The number of benzene rings is 2. The Bertz CT molecular complexity index is 1590. The van der Waals surface area contributed by atoms with Crippen molar-refractivity contribution >= 4 is 46.2 Å². The lowest BCUT2D eigenvalue weighted by Gasteiger charge is -2.30. The number of carbonyl (C=O) groups is 4. The molecule has 0 bridgehead atoms. The SMILES string of the molecule is Cc1cc2cc(NC(=N[C@H]3CCCCN(CC(=O)N4CCCC4)C3=O)NC(=O)c3ccc(C(=O)N4CCC4)cc3)ccc2o1. The van der Waals surface area contributed by atoms with E-state index in [0.717, 1.165) is 75.0 Å². The number of aryl methyl sites for hydroxylation is 1. The van der Waals surface area contributed by atoms with E-state index in [1.54, 1.807) is 34.1 Å². The van der Waals surface area contributed by atoms with Crippen LogP contribution in [0.15, 0.2) is 57.9 Å². The van der Waals surface area contributed by atoms with Gasteiger partial charge in [-0.25, -0.2) is 4.99 Å². The van der Waals surface area contributed by atoms with E-state index in [9.17, 15) is 19.2 Å². The number of fused-ring (bicyclic) bond motifs is 1. The Hall–Kier alpha value is -4.67. The van der Waals surface area contributed by atoms with Crippen molar-refractivity contribution in [3.05, 3.63) is 65.4 Å². The van der Waals surface area contributed by atoms with Crippen molar-refractivity contribution < 1.29 is 23.6 Å². The fraction of sp³-hybridized carbons (Fsp3) is 0.424. The van der Waals surface area contributed by atoms with Gasteiger partial charge >= 0.3 is 0 Å². The van der Waals surface area contributed by atoms with Gasteiger partial charge in [-0.05, 0) is 94.0 Å². The van der Waals surface area contributed by atoms with Crippen LogP contribution < -0.4 is 10.6 Å². The van der Waals surface area contributed by atoms with E-state index in [1.165, 1.54) is 0 Å². The standard InChI is InChI=1S/C33H38N6O5/c1-22-19-25-20-26(12-13-28(25)44-22)34-33(36-30(41)23-8-10-24(11-9-23)31(42)38-17-6-18-38)35-27-7-2-3-16-39(32(27)43)21-29(40)37-14-4-5-15-37/h8-13,19-20,27H,2-7,14-18,21H2,1H3,(H2,34,35,36,41)/t27-/m0/s1. The minimum absolute atomic E-state index is 0.0353. The number of amides is 4. The van der Waals surface area contributed by atoms with E-state index in [0.29, 0.717) is 29.8 Å². The van der Waals surface area contributed by atoms with Crippen LogP contribution in [0.3, 0.4) is 0 Å². The Morgan fingerprint density at radius 1 is 0.864 bits per heavy atom. The van der Waals surface area contributed by atoms with Crippen molar-refractivity contribution in [1.82, 2.24) is 20.0 Å². The third kappa shape index (κ3) is 6.61. The van der Waals surface area contributed by atoms with Gasteiger partial charge < -0.3 is 24.4 Å². The van der Waals surface area contributed by atoms with E-state index in [1.807, 2.05) is 36.1 Å². The predicted octanol–water partition coefficient (Wildman–Crippen LogP) is 3.79. The highest BCUT2D eigenvalue weighted by atomic mass is 16.3. The minimum Gasteiger partial charge on any atom is -0.461 e. The van der Waals surface area contributed by atoms with Gasteiger partial charge in [0.2, 0.25) is 17.8 Å². The molecule has 4 amide bonds. The molecule has 0 unspecified atom stereocenters. The summed E-state index contributed by atoms with van der Waals surface area (Å²) in [5.41, 5.74) is 2.28. The smallest absolute Gasteiger partial charge is 0.257 e. The van der Waals surface area contributed by atoms with Crippen LogP contribution in [-0.4, -0.2) is 89.6 Å². The van der Waals surface area contributed by atoms with Gasteiger partial charge in [0, 0.05) is 54.9 Å². The molecule has 6 rings (SSSR count). The molecule has 0 saturated carbocycles. The third-order valence-corrected chi connectivity index (χ3v) is 8.49. The van der Waals surface area contributed by atoms with Gasteiger partial charge in [-0.2, -0.15) is 0 Å². The molecule has 4 heterocycles. The van der Waals surface area contributed by atoms with Gasteiger partial charge in [0.1, 0.15) is 17.4 Å². The normalized spacial score (nSPS) is 19.1. The lowest BCUT2D eigenvalue weighted by molar-refractivity contribution is -0.140. The quantitative estimate of drug-likeness (QED) is 0.328. The summed E-state index contributed by atoms with van der Waals surface area (Å²) in [5.74, 6) is 0.174. The first-order valence-corrected chi connectivity index (χ1v) is 15.5. The van der Waals surface area contributed by atoms with Crippen LogP contribution in [0, 0.1) is 6.92 Å². The van der Waals surface area contributed by atoms with E-state index >= 15 is 0 Å². The maximum atomic E-state index is 13.7. The fourth-order valence-electron chi connectivity index (χ4n) is 5.88. The van der Waals surface area contributed by atoms with Crippen molar-refractivity contribution in [1.29, 1.82) is 0 Å². The lowest BCUT2D eigenvalue weighted by atomic mass is 10.1. The minimum atomic E-state index is -0.761. The Morgan fingerprint density at radius 3 is 2.30 bits per heavy atom. The molecule has 3 saturated heterocycles. The number of rotatable bonds is 6. The molecular weight excluding hydrogens is 560 g/mol. The molecule has 1 atom stereocenters. The largest absolute Gasteiger partial charge is 0.461 e. The Morgan fingerprint density at radius 2 is 1.57 bits per heavy atom. The molecule has 44 heavy (non-hydrogen) atoms. The number of furan rings is 1. The molecule has 1 aromatic heterocycles. The number of carbonyl (C=O) groups excluding carboxylic acids is 4. The molecular formula is C33H38N6O5. The molecule has 0 aliphatic carbocycles. The molecule has 2 N–H and O–H groups in total. The summed E-state index contributed by atoms with van der Waals surface area (Å²) < 4.78 is 5.70. The monoisotopic (exact) mass is 598 g/mol. The summed E-state index contributed by atoms with van der Waals surface area (Å²) in [5, 5.41) is 6.94. The first kappa shape index (κ1) is 29.4. The third-order valence-electron chi connectivity index (χ3n) is 8.49. The lowest BCUT2D eigenvalue weighted by Crippen LogP contribution is -2.45. The van der Waals surface area contributed by atoms with E-state index in [2.05, 4.69) is 10.6 Å². The van der Waals surface area contributed by atoms with Crippen molar-refractivity contribution in [2.45, 2.75) is 51.5 Å². The zero-order chi connectivity index (χ0) is 30.6. The summed E-state index contributed by atoms with van der Waals surface area (Å²) in [6.07, 6.45) is 5.03. The molecule has 230 valence electrons. The van der Waals surface area contributed by atoms with Crippen LogP contribution in [0.4, 0.5) is 5.69 Å². The van der Waals surface area contributed by atoms with Crippen molar-refractivity contribution in [3.8, 4) is 0 Å². The first-order chi connectivity index (χ1) is 21.3. The van der Waals surface area contributed by atoms with Crippen LogP contribution in [0.2, 0.25) is 0 Å². The van der Waals surface area contributed by atoms with Gasteiger partial charge in [0.05, 0.1) is 6.54 Å². The summed E-state index contributed by atoms with van der Waals surface area (Å²) in [6, 6.07) is 13.2. The van der Waals surface area contributed by atoms with Gasteiger partial charge in [-0.1, -0.05) is 0 Å². The molecule has 3 aliphatic heterocycles. The van der Waals surface area contributed by atoms with Crippen molar-refractivity contribution in [2.75, 3.05) is 44.6 Å². The van der Waals surface area contributed by atoms with E-state index < -0.39 is 11.9 Å². The number of hydrogen-bond donors (Lipinski definition) is 2. The zero-order valence-corrected chi connectivity index (χ0v) is 25.0. The van der Waals surface area contributed by atoms with E-state index in [4.69, 9.17) is 9.41 Å². The molecule has 3 fully saturated rings. The number of nitrogens with one attached hydrogen (secondary N) is 2.